The summed E-state index contributed by atoms with van der Waals surface area (Å²) in [6.07, 6.45) is 3.51. The molecule has 0 aromatic heterocycles. The van der Waals surface area contributed by atoms with Crippen molar-refractivity contribution in [3.8, 4) is 0 Å². The summed E-state index contributed by atoms with van der Waals surface area (Å²) in [5.41, 5.74) is 0. The molecule has 0 atom stereocenters. The number of aliphatic carboxylic acids is 1. The van der Waals surface area contributed by atoms with Gasteiger partial charge in [-0.2, -0.15) is 0 Å². The van der Waals surface area contributed by atoms with Crippen LogP contribution in [-0.2, 0) is 9.53 Å². The van der Waals surface area contributed by atoms with Gasteiger partial charge in [0, 0.05) is 6.54 Å². The summed E-state index contributed by atoms with van der Waals surface area (Å²) in [4.78, 5) is 21.2. The van der Waals surface area contributed by atoms with Crippen molar-refractivity contribution in [2.45, 2.75) is 38.2 Å². The first kappa shape index (κ1) is 10.8. The van der Waals surface area contributed by atoms with Crippen molar-refractivity contribution in [1.82, 2.24) is 5.32 Å². The van der Waals surface area contributed by atoms with Crippen LogP contribution in [0.1, 0.15) is 32.1 Å². The first-order valence-electron chi connectivity index (χ1n) is 4.85. The average Bonchev–Trinajstić information content (AvgIpc) is 2.56. The van der Waals surface area contributed by atoms with Crippen LogP contribution in [0.3, 0.4) is 0 Å². The molecule has 1 amide bonds. The Bertz CT molecular complexity index is 211. The average molecular weight is 201 g/mol. The minimum atomic E-state index is -0.925. The Morgan fingerprint density at radius 1 is 1.36 bits per heavy atom. The van der Waals surface area contributed by atoms with E-state index in [0.29, 0.717) is 0 Å². The van der Waals surface area contributed by atoms with Crippen LogP contribution in [-0.4, -0.2) is 29.8 Å². The second-order valence-corrected chi connectivity index (χ2v) is 3.38. The van der Waals surface area contributed by atoms with Gasteiger partial charge in [-0.25, -0.2) is 4.79 Å². The number of alkyl carbamates (subject to hydrolysis) is 1. The molecule has 0 spiro atoms. The van der Waals surface area contributed by atoms with Gasteiger partial charge in [0.2, 0.25) is 0 Å². The molecule has 5 heteroatoms. The van der Waals surface area contributed by atoms with Gasteiger partial charge in [0.25, 0.3) is 0 Å². The summed E-state index contributed by atoms with van der Waals surface area (Å²) in [5.74, 6) is -0.925. The summed E-state index contributed by atoms with van der Waals surface area (Å²) in [6, 6.07) is 0. The van der Waals surface area contributed by atoms with E-state index >= 15 is 0 Å². The standard InChI is InChI=1S/C9H15NO4/c11-8(12)5-6-10-9(13)14-7-3-1-2-4-7/h7H,1-6H2,(H,10,13)(H,11,12). The van der Waals surface area contributed by atoms with Crippen LogP contribution in [0.5, 0.6) is 0 Å². The normalized spacial score (nSPS) is 16.6. The van der Waals surface area contributed by atoms with E-state index < -0.39 is 12.1 Å². The van der Waals surface area contributed by atoms with Crippen LogP contribution in [0.2, 0.25) is 0 Å². The van der Waals surface area contributed by atoms with Gasteiger partial charge in [-0.15, -0.1) is 0 Å². The van der Waals surface area contributed by atoms with Gasteiger partial charge < -0.3 is 15.2 Å². The number of amides is 1. The van der Waals surface area contributed by atoms with Gasteiger partial charge in [0.15, 0.2) is 0 Å². The van der Waals surface area contributed by atoms with Gasteiger partial charge >= 0.3 is 12.1 Å². The summed E-state index contributed by atoms with van der Waals surface area (Å²) in [5, 5.41) is 10.7. The highest BCUT2D eigenvalue weighted by molar-refractivity contribution is 5.70. The van der Waals surface area contributed by atoms with Crippen molar-refractivity contribution in [3.63, 3.8) is 0 Å². The number of rotatable bonds is 4. The fourth-order valence-corrected chi connectivity index (χ4v) is 1.47. The Hall–Kier alpha value is -1.26. The Morgan fingerprint density at radius 3 is 2.57 bits per heavy atom. The van der Waals surface area contributed by atoms with Crippen molar-refractivity contribution >= 4 is 12.1 Å². The SMILES string of the molecule is O=C(O)CCNC(=O)OC1CCCC1. The fraction of sp³-hybridized carbons (Fsp3) is 0.778. The maximum absolute atomic E-state index is 11.1. The lowest BCUT2D eigenvalue weighted by Crippen LogP contribution is -2.29. The number of ether oxygens (including phenoxy) is 1. The highest BCUT2D eigenvalue weighted by Gasteiger charge is 2.18. The Labute approximate surface area is 82.4 Å². The molecule has 2 N–H and O–H groups in total. The molecular formula is C9H15NO4. The van der Waals surface area contributed by atoms with Crippen LogP contribution in [0.15, 0.2) is 0 Å². The second-order valence-electron chi connectivity index (χ2n) is 3.38. The molecule has 0 aliphatic heterocycles. The van der Waals surface area contributed by atoms with Gasteiger partial charge in [-0.1, -0.05) is 0 Å². The lowest BCUT2D eigenvalue weighted by Gasteiger charge is -2.11. The Balaban J connectivity index is 2.06. The molecule has 14 heavy (non-hydrogen) atoms. The predicted molar refractivity (Wildman–Crippen MR) is 49.0 cm³/mol. The molecule has 0 heterocycles. The zero-order chi connectivity index (χ0) is 10.4. The molecule has 1 fully saturated rings. The first-order chi connectivity index (χ1) is 6.68. The third kappa shape index (κ3) is 4.11. The van der Waals surface area contributed by atoms with Crippen LogP contribution < -0.4 is 5.32 Å². The van der Waals surface area contributed by atoms with Gasteiger partial charge in [-0.3, -0.25) is 4.79 Å². The summed E-state index contributed by atoms with van der Waals surface area (Å²) >= 11 is 0. The highest BCUT2D eigenvalue weighted by atomic mass is 16.6. The monoisotopic (exact) mass is 201 g/mol. The molecule has 1 aliphatic rings. The molecule has 1 rings (SSSR count). The van der Waals surface area contributed by atoms with E-state index in [9.17, 15) is 9.59 Å². The molecule has 0 saturated heterocycles. The number of hydrogen-bond acceptors (Lipinski definition) is 3. The number of carboxylic acids is 1. The van der Waals surface area contributed by atoms with Crippen LogP contribution >= 0.6 is 0 Å². The molecule has 0 aromatic carbocycles. The van der Waals surface area contributed by atoms with Crippen LogP contribution in [0, 0.1) is 0 Å². The fourth-order valence-electron chi connectivity index (χ4n) is 1.47. The van der Waals surface area contributed by atoms with Gasteiger partial charge in [-0.05, 0) is 25.7 Å². The summed E-state index contributed by atoms with van der Waals surface area (Å²) in [7, 11) is 0. The molecule has 5 nitrogen and oxygen atoms in total. The molecule has 1 saturated carbocycles. The minimum Gasteiger partial charge on any atom is -0.481 e. The third-order valence-corrected chi connectivity index (χ3v) is 2.18. The van der Waals surface area contributed by atoms with Crippen molar-refractivity contribution < 1.29 is 19.4 Å². The van der Waals surface area contributed by atoms with E-state index in [1.807, 2.05) is 0 Å². The number of carboxylic acid groups (broad SMARTS) is 1. The topological polar surface area (TPSA) is 75.6 Å². The molecule has 0 bridgehead atoms. The van der Waals surface area contributed by atoms with Crippen LogP contribution in [0.4, 0.5) is 4.79 Å². The van der Waals surface area contributed by atoms with E-state index in [1.54, 1.807) is 0 Å². The van der Waals surface area contributed by atoms with Crippen molar-refractivity contribution in [1.29, 1.82) is 0 Å². The van der Waals surface area contributed by atoms with Crippen molar-refractivity contribution in [2.24, 2.45) is 0 Å². The smallest absolute Gasteiger partial charge is 0.407 e. The van der Waals surface area contributed by atoms with Gasteiger partial charge in [0.1, 0.15) is 6.10 Å². The summed E-state index contributed by atoms with van der Waals surface area (Å²) in [6.45, 7) is 0.126. The predicted octanol–water partition coefficient (Wildman–Crippen LogP) is 1.13. The molecule has 0 aromatic rings. The first-order valence-corrected chi connectivity index (χ1v) is 4.85. The molecule has 80 valence electrons. The zero-order valence-electron chi connectivity index (χ0n) is 7.99. The Morgan fingerprint density at radius 2 is 2.00 bits per heavy atom. The largest absolute Gasteiger partial charge is 0.481 e. The van der Waals surface area contributed by atoms with E-state index in [1.165, 1.54) is 0 Å². The van der Waals surface area contributed by atoms with E-state index in [2.05, 4.69) is 5.32 Å². The summed E-state index contributed by atoms with van der Waals surface area (Å²) < 4.78 is 5.05. The number of nitrogens with one attached hydrogen (secondary N) is 1. The van der Waals surface area contributed by atoms with Gasteiger partial charge in [0.05, 0.1) is 6.42 Å². The maximum atomic E-state index is 11.1. The molecule has 0 unspecified atom stereocenters. The number of carbonyl (C=O) groups is 2. The van der Waals surface area contributed by atoms with E-state index in [0.717, 1.165) is 25.7 Å². The lowest BCUT2D eigenvalue weighted by atomic mass is 10.3. The minimum absolute atomic E-state index is 0.0276. The number of hydrogen-bond donors (Lipinski definition) is 2. The third-order valence-electron chi connectivity index (χ3n) is 2.18. The highest BCUT2D eigenvalue weighted by Crippen LogP contribution is 2.20. The zero-order valence-corrected chi connectivity index (χ0v) is 7.99. The van der Waals surface area contributed by atoms with E-state index in [-0.39, 0.29) is 19.1 Å². The van der Waals surface area contributed by atoms with Crippen LogP contribution in [0.25, 0.3) is 0 Å². The lowest BCUT2D eigenvalue weighted by molar-refractivity contribution is -0.136. The molecule has 0 radical (unpaired) electrons. The number of carbonyl (C=O) groups excluding carboxylic acids is 1. The molecule has 1 aliphatic carbocycles. The quantitative estimate of drug-likeness (QED) is 0.714. The van der Waals surface area contributed by atoms with Crippen molar-refractivity contribution in [2.75, 3.05) is 6.54 Å². The maximum Gasteiger partial charge on any atom is 0.407 e. The Kier molecular flexibility index (Phi) is 4.22. The van der Waals surface area contributed by atoms with E-state index in [4.69, 9.17) is 9.84 Å². The van der Waals surface area contributed by atoms with Crippen molar-refractivity contribution in [3.05, 3.63) is 0 Å². The molecular weight excluding hydrogens is 186 g/mol. The second kappa shape index (κ2) is 5.47.